The summed E-state index contributed by atoms with van der Waals surface area (Å²) in [5.41, 5.74) is 5.62. The number of phenolic OH excluding ortho intramolecular Hbond substituents is 1. The smallest absolute Gasteiger partial charge is 0.490 e. The lowest BCUT2D eigenvalue weighted by molar-refractivity contribution is -0.192. The standard InChI is InChI=1S/C40H48N10O13.C2HF3O2/c1-19(44-39(61)46-27(38(59)60)15-22-17-42-25-10-5-4-9-24(22)25)34(56)48-31(20(2)49(3)36(58)26(45-30(53)16-41)14-21-7-6-8-23(51)13-21)35(57)43-18-28-32(54)33(55)37(63-28)50-12-11-29(52)47-40(50)62;3-2(4,5)1(6)7/h4-13,17-20,26-27,31-33,37,42,51,54-55H,14-16,41H2,1-3H3,(H,43,57)(H,45,53)(H,48,56)(H,59,60)(H2,44,46,61)(H,47,52,62);(H,6,7)/b28-18-;/t19-,20-,26-,27-,31+,32+,33+,37+;/m0./s1. The number of aromatic hydroxyl groups is 1. The molecule has 25 nitrogen and oxygen atoms in total. The highest BCUT2D eigenvalue weighted by atomic mass is 19.4. The second kappa shape index (κ2) is 23.7. The topological polar surface area (TPSA) is 390 Å². The van der Waals surface area contributed by atoms with Crippen LogP contribution in [0.15, 0.2) is 88.5 Å². The predicted octanol–water partition coefficient (Wildman–Crippen LogP) is -2.03. The average Bonchev–Trinajstić information content (AvgIpc) is 3.84. The number of alkyl halides is 3. The van der Waals surface area contributed by atoms with Crippen LogP contribution in [0.3, 0.4) is 0 Å². The number of carboxylic acid groups (broad SMARTS) is 2. The monoisotopic (exact) mass is 990 g/mol. The van der Waals surface area contributed by atoms with Gasteiger partial charge >= 0.3 is 29.8 Å². The van der Waals surface area contributed by atoms with E-state index in [1.54, 1.807) is 36.5 Å². The summed E-state index contributed by atoms with van der Waals surface area (Å²) in [5, 5.41) is 61.2. The highest BCUT2D eigenvalue weighted by Crippen LogP contribution is 2.30. The molecule has 3 heterocycles. The quantitative estimate of drug-likeness (QED) is 0.0542. The predicted molar refractivity (Wildman–Crippen MR) is 235 cm³/mol. The Morgan fingerprint density at radius 1 is 0.914 bits per heavy atom. The molecule has 28 heteroatoms. The number of fused-ring (bicyclic) bond motifs is 1. The zero-order valence-corrected chi connectivity index (χ0v) is 37.1. The number of H-pyrrole nitrogens is 2. The van der Waals surface area contributed by atoms with Crippen LogP contribution in [0.5, 0.6) is 5.75 Å². The molecule has 4 aromatic rings. The lowest BCUT2D eigenvalue weighted by Gasteiger charge is -2.34. The number of ether oxygens (including phenoxy) is 1. The van der Waals surface area contributed by atoms with E-state index in [4.69, 9.17) is 20.4 Å². The maximum absolute atomic E-state index is 14.0. The van der Waals surface area contributed by atoms with Gasteiger partial charge in [0.05, 0.1) is 12.6 Å². The van der Waals surface area contributed by atoms with Crippen molar-refractivity contribution in [2.24, 2.45) is 5.73 Å². The number of halogens is 3. The van der Waals surface area contributed by atoms with Crippen molar-refractivity contribution < 1.29 is 77.0 Å². The van der Waals surface area contributed by atoms with Gasteiger partial charge in [0.25, 0.3) is 5.56 Å². The lowest BCUT2D eigenvalue weighted by Crippen LogP contribution is -2.62. The summed E-state index contributed by atoms with van der Waals surface area (Å²) in [6.45, 7) is 2.15. The molecule has 8 atom stereocenters. The number of amides is 6. The number of likely N-dealkylation sites (N-methyl/N-ethyl adjacent to an activating group) is 1. The van der Waals surface area contributed by atoms with Crippen LogP contribution in [0.4, 0.5) is 18.0 Å². The minimum atomic E-state index is -5.08. The number of phenols is 1. The first kappa shape index (κ1) is 54.4. The summed E-state index contributed by atoms with van der Waals surface area (Å²) in [6, 6.07) is 5.92. The van der Waals surface area contributed by atoms with Crippen molar-refractivity contribution in [3.05, 3.63) is 111 Å². The lowest BCUT2D eigenvalue weighted by atomic mass is 10.0. The molecule has 0 radical (unpaired) electrons. The number of benzene rings is 2. The molecule has 2 aromatic carbocycles. The summed E-state index contributed by atoms with van der Waals surface area (Å²) in [6.07, 6.45) is -6.94. The Balaban J connectivity index is 0.00000141. The van der Waals surface area contributed by atoms with E-state index in [1.807, 2.05) is 4.98 Å². The maximum Gasteiger partial charge on any atom is 0.490 e. The summed E-state index contributed by atoms with van der Waals surface area (Å²) in [5.74, 6) is -8.13. The second-order valence-corrected chi connectivity index (χ2v) is 15.5. The van der Waals surface area contributed by atoms with Crippen LogP contribution in [-0.4, -0.2) is 149 Å². The van der Waals surface area contributed by atoms with E-state index in [1.165, 1.54) is 39.1 Å². The molecule has 0 aliphatic carbocycles. The van der Waals surface area contributed by atoms with Crippen LogP contribution in [0.2, 0.25) is 0 Å². The molecular weight excluding hydrogens is 942 g/mol. The van der Waals surface area contributed by atoms with Crippen LogP contribution >= 0.6 is 0 Å². The number of hydrogen-bond acceptors (Lipinski definition) is 14. The third-order valence-electron chi connectivity index (χ3n) is 10.5. The molecule has 2 aromatic heterocycles. The highest BCUT2D eigenvalue weighted by Gasteiger charge is 2.42. The fourth-order valence-electron chi connectivity index (χ4n) is 6.71. The van der Waals surface area contributed by atoms with Gasteiger partial charge in [-0.1, -0.05) is 30.3 Å². The number of carbonyl (C=O) groups is 7. The van der Waals surface area contributed by atoms with Crippen molar-refractivity contribution in [3.8, 4) is 5.75 Å². The SMILES string of the molecule is C[C@H](NC(=O)N[C@@H](Cc1c[nH]c2ccccc12)C(=O)O)C(=O)N[C@@H](C(=O)N/C=C1\O[C@@H](n2ccc(=O)[nH]c2=O)[C@H](O)[C@@H]1O)[C@H](C)N(C)C(=O)[C@H](Cc1cccc(O)c1)NC(=O)CN.O=C(O)C(F)(F)F. The highest BCUT2D eigenvalue weighted by molar-refractivity contribution is 5.94. The fourth-order valence-corrected chi connectivity index (χ4v) is 6.71. The van der Waals surface area contributed by atoms with Gasteiger partial charge in [-0.3, -0.25) is 33.5 Å². The van der Waals surface area contributed by atoms with Crippen molar-refractivity contribution in [2.75, 3.05) is 13.6 Å². The molecule has 1 aliphatic heterocycles. The number of aromatic amines is 2. The Labute approximate surface area is 392 Å². The number of nitrogens with two attached hydrogens (primary N) is 1. The number of aromatic nitrogens is 3. The second-order valence-electron chi connectivity index (χ2n) is 15.5. The number of rotatable bonds is 17. The van der Waals surface area contributed by atoms with Crippen LogP contribution in [-0.2, 0) is 46.3 Å². The first-order valence-electron chi connectivity index (χ1n) is 20.7. The summed E-state index contributed by atoms with van der Waals surface area (Å²) in [4.78, 5) is 118. The summed E-state index contributed by atoms with van der Waals surface area (Å²) >= 11 is 0. The minimum Gasteiger partial charge on any atom is -0.508 e. The number of aliphatic hydroxyl groups excluding tert-OH is 2. The fraction of sp³-hybridized carbons (Fsp3) is 0.357. The molecule has 0 saturated carbocycles. The first-order valence-corrected chi connectivity index (χ1v) is 20.7. The normalized spacial score (nSPS) is 18.1. The van der Waals surface area contributed by atoms with Gasteiger partial charge in [0.1, 0.15) is 47.9 Å². The Hall–Kier alpha value is -8.24. The van der Waals surface area contributed by atoms with Gasteiger partial charge in [-0.05, 0) is 43.2 Å². The summed E-state index contributed by atoms with van der Waals surface area (Å²) < 4.78 is 38.1. The average molecular weight is 991 g/mol. The number of aliphatic carboxylic acids is 2. The van der Waals surface area contributed by atoms with Crippen molar-refractivity contribution >= 4 is 52.5 Å². The largest absolute Gasteiger partial charge is 0.508 e. The van der Waals surface area contributed by atoms with Crippen LogP contribution in [0, 0.1) is 0 Å². The van der Waals surface area contributed by atoms with Gasteiger partial charge in [-0.15, -0.1) is 0 Å². The molecule has 0 spiro atoms. The molecule has 14 N–H and O–H groups in total. The zero-order chi connectivity index (χ0) is 52.2. The Morgan fingerprint density at radius 2 is 1.59 bits per heavy atom. The zero-order valence-electron chi connectivity index (χ0n) is 37.1. The Kier molecular flexibility index (Phi) is 18.4. The Bertz CT molecular complexity index is 2720. The number of urea groups is 1. The molecule has 70 heavy (non-hydrogen) atoms. The van der Waals surface area contributed by atoms with E-state index in [9.17, 15) is 72.0 Å². The number of aliphatic hydroxyl groups is 2. The number of hydrogen-bond donors (Lipinski definition) is 13. The van der Waals surface area contributed by atoms with Crippen LogP contribution in [0.1, 0.15) is 31.2 Å². The van der Waals surface area contributed by atoms with Crippen LogP contribution < -0.4 is 43.6 Å². The van der Waals surface area contributed by atoms with Crippen molar-refractivity contribution in [1.82, 2.24) is 46.0 Å². The molecule has 6 amide bonds. The van der Waals surface area contributed by atoms with Crippen molar-refractivity contribution in [3.63, 3.8) is 0 Å². The van der Waals surface area contributed by atoms with E-state index in [0.29, 0.717) is 11.1 Å². The van der Waals surface area contributed by atoms with Gasteiger partial charge in [0, 0.05) is 55.5 Å². The van der Waals surface area contributed by atoms with Gasteiger partial charge < -0.3 is 72.5 Å². The molecule has 1 aliphatic rings. The molecule has 0 unspecified atom stereocenters. The molecule has 378 valence electrons. The molecule has 5 rings (SSSR count). The number of nitrogens with one attached hydrogen (secondary N) is 7. The van der Waals surface area contributed by atoms with Crippen molar-refractivity contribution in [1.29, 1.82) is 0 Å². The van der Waals surface area contributed by atoms with E-state index >= 15 is 0 Å². The first-order chi connectivity index (χ1) is 32.8. The van der Waals surface area contributed by atoms with Crippen LogP contribution in [0.25, 0.3) is 10.9 Å². The molecular formula is C42H49F3N10O15. The molecule has 1 fully saturated rings. The third kappa shape index (κ3) is 14.4. The number of carboxylic acids is 2. The van der Waals surface area contributed by atoms with Gasteiger partial charge in [0.15, 0.2) is 0 Å². The van der Waals surface area contributed by atoms with Gasteiger partial charge in [-0.25, -0.2) is 19.2 Å². The van der Waals surface area contributed by atoms with Crippen molar-refractivity contribution in [2.45, 2.75) is 81.5 Å². The summed E-state index contributed by atoms with van der Waals surface area (Å²) in [7, 11) is 1.28. The maximum atomic E-state index is 14.0. The van der Waals surface area contributed by atoms with E-state index in [-0.39, 0.29) is 18.6 Å². The third-order valence-corrected chi connectivity index (χ3v) is 10.5. The number of carbonyl (C=O) groups excluding carboxylic acids is 5. The Morgan fingerprint density at radius 3 is 2.20 bits per heavy atom. The minimum absolute atomic E-state index is 0.107. The molecule has 1 saturated heterocycles. The van der Waals surface area contributed by atoms with E-state index in [2.05, 4.69) is 31.6 Å². The number of nitrogens with zero attached hydrogens (tertiary/aromatic N) is 2. The molecule has 0 bridgehead atoms. The number of para-hydroxylation sites is 1. The van der Waals surface area contributed by atoms with E-state index < -0.39 is 120 Å². The van der Waals surface area contributed by atoms with E-state index in [0.717, 1.165) is 38.8 Å². The van der Waals surface area contributed by atoms with Gasteiger partial charge in [0.2, 0.25) is 29.9 Å². The van der Waals surface area contributed by atoms with Gasteiger partial charge in [-0.2, -0.15) is 13.2 Å².